The molecule has 3 rings (SSSR count). The molecule has 0 radical (unpaired) electrons. The molecule has 0 aliphatic rings. The number of halogens is 1. The van der Waals surface area contributed by atoms with Crippen LogP contribution in [0, 0.1) is 20.8 Å². The third-order valence-electron chi connectivity index (χ3n) is 2.92. The number of nitrogens with zero attached hydrogens (tertiary/aromatic N) is 4. The zero-order chi connectivity index (χ0) is 13.7. The first kappa shape index (κ1) is 12.4. The minimum Gasteiger partial charge on any atom is -0.368 e. The monoisotopic (exact) mass is 293 g/mol. The number of thiophene rings is 1. The molecule has 0 bridgehead atoms. The summed E-state index contributed by atoms with van der Waals surface area (Å²) in [6.07, 6.45) is 0. The van der Waals surface area contributed by atoms with Crippen molar-refractivity contribution in [3.05, 3.63) is 27.4 Å². The predicted molar refractivity (Wildman–Crippen MR) is 78.2 cm³/mol. The standard InChI is InChI=1S/C12H12ClN5S/c1-5-4-8-10(15-12(14)16-11(8)19-5)18-7(3)9(13)6(2)17-18/h4H,1-3H3,(H2,14,15,16). The highest BCUT2D eigenvalue weighted by Gasteiger charge is 2.16. The molecule has 19 heavy (non-hydrogen) atoms. The lowest BCUT2D eigenvalue weighted by molar-refractivity contribution is 0.812. The fourth-order valence-corrected chi connectivity index (χ4v) is 3.03. The number of hydrogen-bond donors (Lipinski definition) is 1. The highest BCUT2D eigenvalue weighted by Crippen LogP contribution is 2.30. The van der Waals surface area contributed by atoms with E-state index in [2.05, 4.69) is 15.1 Å². The summed E-state index contributed by atoms with van der Waals surface area (Å²) in [4.78, 5) is 10.6. The molecule has 0 atom stereocenters. The van der Waals surface area contributed by atoms with Crippen LogP contribution in [0.5, 0.6) is 0 Å². The molecule has 5 nitrogen and oxygen atoms in total. The van der Waals surface area contributed by atoms with E-state index in [0.717, 1.165) is 26.5 Å². The van der Waals surface area contributed by atoms with Gasteiger partial charge in [-0.05, 0) is 26.8 Å². The Morgan fingerprint density at radius 2 is 2.00 bits per heavy atom. The van der Waals surface area contributed by atoms with Gasteiger partial charge >= 0.3 is 0 Å². The van der Waals surface area contributed by atoms with Crippen molar-refractivity contribution in [1.82, 2.24) is 19.7 Å². The van der Waals surface area contributed by atoms with Crippen LogP contribution in [0.4, 0.5) is 5.95 Å². The Morgan fingerprint density at radius 3 is 2.63 bits per heavy atom. The fraction of sp³-hybridized carbons (Fsp3) is 0.250. The number of anilines is 1. The summed E-state index contributed by atoms with van der Waals surface area (Å²) in [6, 6.07) is 2.04. The molecule has 3 heterocycles. The SMILES string of the molecule is Cc1cc2c(-n3nc(C)c(Cl)c3C)nc(N)nc2s1. The number of aromatic nitrogens is 4. The quantitative estimate of drug-likeness (QED) is 0.748. The maximum Gasteiger partial charge on any atom is 0.223 e. The Kier molecular flexibility index (Phi) is 2.72. The van der Waals surface area contributed by atoms with Gasteiger partial charge in [-0.25, -0.2) is 9.67 Å². The van der Waals surface area contributed by atoms with E-state index in [1.165, 1.54) is 0 Å². The van der Waals surface area contributed by atoms with Gasteiger partial charge in [-0.3, -0.25) is 0 Å². The lowest BCUT2D eigenvalue weighted by atomic mass is 10.3. The van der Waals surface area contributed by atoms with Gasteiger partial charge in [0.1, 0.15) is 4.83 Å². The molecule has 3 aromatic heterocycles. The normalized spacial score (nSPS) is 11.4. The molecule has 0 aliphatic heterocycles. The molecular weight excluding hydrogens is 282 g/mol. The van der Waals surface area contributed by atoms with Crippen LogP contribution in [0.1, 0.15) is 16.3 Å². The van der Waals surface area contributed by atoms with Gasteiger partial charge in [-0.2, -0.15) is 10.1 Å². The molecule has 98 valence electrons. The Balaban J connectivity index is 2.38. The van der Waals surface area contributed by atoms with Crippen LogP contribution in [0.25, 0.3) is 16.0 Å². The Hall–Kier alpha value is -1.66. The van der Waals surface area contributed by atoms with Crippen molar-refractivity contribution in [2.75, 3.05) is 5.73 Å². The van der Waals surface area contributed by atoms with Crippen LogP contribution in [0.2, 0.25) is 5.02 Å². The van der Waals surface area contributed by atoms with E-state index in [0.29, 0.717) is 10.8 Å². The second-order valence-corrected chi connectivity index (χ2v) is 5.99. The number of aryl methyl sites for hydroxylation is 2. The molecule has 2 N–H and O–H groups in total. The number of rotatable bonds is 1. The summed E-state index contributed by atoms with van der Waals surface area (Å²) in [5.74, 6) is 0.923. The van der Waals surface area contributed by atoms with Crippen LogP contribution in [-0.2, 0) is 0 Å². The van der Waals surface area contributed by atoms with E-state index in [9.17, 15) is 0 Å². The number of nitrogens with two attached hydrogens (primary N) is 1. The van der Waals surface area contributed by atoms with Crippen molar-refractivity contribution in [2.45, 2.75) is 20.8 Å². The Labute approximate surface area is 119 Å². The minimum atomic E-state index is 0.244. The summed E-state index contributed by atoms with van der Waals surface area (Å²) < 4.78 is 1.73. The zero-order valence-electron chi connectivity index (χ0n) is 10.7. The molecule has 0 spiro atoms. The van der Waals surface area contributed by atoms with Crippen LogP contribution in [0.3, 0.4) is 0 Å². The van der Waals surface area contributed by atoms with Crippen molar-refractivity contribution in [3.8, 4) is 5.82 Å². The molecule has 0 saturated carbocycles. The summed E-state index contributed by atoms with van der Waals surface area (Å²) in [5, 5.41) is 6.02. The lowest BCUT2D eigenvalue weighted by Gasteiger charge is -2.05. The summed E-state index contributed by atoms with van der Waals surface area (Å²) >= 11 is 7.78. The third kappa shape index (κ3) is 1.87. The first-order valence-corrected chi connectivity index (χ1v) is 6.92. The van der Waals surface area contributed by atoms with E-state index in [-0.39, 0.29) is 5.95 Å². The first-order chi connectivity index (χ1) is 8.97. The molecule has 0 unspecified atom stereocenters. The molecular formula is C12H12ClN5S. The fourth-order valence-electron chi connectivity index (χ4n) is 2.03. The number of hydrogen-bond acceptors (Lipinski definition) is 5. The number of fused-ring (bicyclic) bond motifs is 1. The third-order valence-corrected chi connectivity index (χ3v) is 4.41. The van der Waals surface area contributed by atoms with E-state index in [1.807, 2.05) is 26.8 Å². The van der Waals surface area contributed by atoms with Crippen LogP contribution >= 0.6 is 22.9 Å². The first-order valence-electron chi connectivity index (χ1n) is 5.73. The average Bonchev–Trinajstić information content (AvgIpc) is 2.83. The van der Waals surface area contributed by atoms with Crippen LogP contribution in [0.15, 0.2) is 6.07 Å². The summed E-state index contributed by atoms with van der Waals surface area (Å²) in [7, 11) is 0. The molecule has 0 aliphatic carbocycles. The molecule has 7 heteroatoms. The van der Waals surface area contributed by atoms with Crippen molar-refractivity contribution >= 4 is 39.1 Å². The van der Waals surface area contributed by atoms with E-state index in [1.54, 1.807) is 16.0 Å². The van der Waals surface area contributed by atoms with Crippen molar-refractivity contribution in [1.29, 1.82) is 0 Å². The molecule has 3 aromatic rings. The molecule has 0 amide bonds. The van der Waals surface area contributed by atoms with Gasteiger partial charge in [0.25, 0.3) is 0 Å². The largest absolute Gasteiger partial charge is 0.368 e. The predicted octanol–water partition coefficient (Wildman–Crippen LogP) is 3.04. The maximum atomic E-state index is 6.19. The van der Waals surface area contributed by atoms with E-state index in [4.69, 9.17) is 17.3 Å². The van der Waals surface area contributed by atoms with Crippen LogP contribution < -0.4 is 5.73 Å². The van der Waals surface area contributed by atoms with Crippen molar-refractivity contribution in [2.24, 2.45) is 0 Å². The van der Waals surface area contributed by atoms with Gasteiger partial charge < -0.3 is 5.73 Å². The maximum absolute atomic E-state index is 6.19. The number of nitrogen functional groups attached to an aromatic ring is 1. The second kappa shape index (κ2) is 4.18. The summed E-state index contributed by atoms with van der Waals surface area (Å²) in [6.45, 7) is 5.80. The van der Waals surface area contributed by atoms with Crippen molar-refractivity contribution < 1.29 is 0 Å². The highest BCUT2D eigenvalue weighted by atomic mass is 35.5. The van der Waals surface area contributed by atoms with Crippen molar-refractivity contribution in [3.63, 3.8) is 0 Å². The van der Waals surface area contributed by atoms with Gasteiger partial charge in [-0.1, -0.05) is 11.6 Å². The molecule has 0 saturated heterocycles. The topological polar surface area (TPSA) is 69.6 Å². The highest BCUT2D eigenvalue weighted by molar-refractivity contribution is 7.18. The lowest BCUT2D eigenvalue weighted by Crippen LogP contribution is -2.06. The minimum absolute atomic E-state index is 0.244. The zero-order valence-corrected chi connectivity index (χ0v) is 12.3. The molecule has 0 fully saturated rings. The average molecular weight is 294 g/mol. The smallest absolute Gasteiger partial charge is 0.223 e. The van der Waals surface area contributed by atoms with Gasteiger partial charge in [0, 0.05) is 4.88 Å². The van der Waals surface area contributed by atoms with E-state index >= 15 is 0 Å². The Morgan fingerprint density at radius 1 is 1.26 bits per heavy atom. The van der Waals surface area contributed by atoms with Gasteiger partial charge in [0.15, 0.2) is 5.82 Å². The Bertz CT molecular complexity index is 789. The van der Waals surface area contributed by atoms with E-state index < -0.39 is 0 Å². The molecule has 0 aromatic carbocycles. The van der Waals surface area contributed by atoms with Crippen LogP contribution in [-0.4, -0.2) is 19.7 Å². The summed E-state index contributed by atoms with van der Waals surface area (Å²) in [5.41, 5.74) is 7.40. The van der Waals surface area contributed by atoms with Gasteiger partial charge in [0.05, 0.1) is 21.8 Å². The van der Waals surface area contributed by atoms with Gasteiger partial charge in [0.2, 0.25) is 5.95 Å². The van der Waals surface area contributed by atoms with Gasteiger partial charge in [-0.15, -0.1) is 11.3 Å². The second-order valence-electron chi connectivity index (χ2n) is 4.38.